The van der Waals surface area contributed by atoms with E-state index in [1.807, 2.05) is 6.20 Å². The first-order valence-electron chi connectivity index (χ1n) is 9.93. The molecule has 27 heavy (non-hydrogen) atoms. The van der Waals surface area contributed by atoms with Crippen molar-refractivity contribution >= 4 is 5.91 Å². The van der Waals surface area contributed by atoms with Gasteiger partial charge in [-0.2, -0.15) is 0 Å². The van der Waals surface area contributed by atoms with Crippen molar-refractivity contribution in [1.82, 2.24) is 36.6 Å². The molecule has 0 spiro atoms. The average Bonchev–Trinajstić information content (AvgIpc) is 3.24. The fourth-order valence-corrected chi connectivity index (χ4v) is 4.76. The van der Waals surface area contributed by atoms with E-state index in [4.69, 9.17) is 5.73 Å². The summed E-state index contributed by atoms with van der Waals surface area (Å²) in [4.78, 5) is 15.5. The zero-order valence-corrected chi connectivity index (χ0v) is 15.7. The van der Waals surface area contributed by atoms with E-state index in [1.165, 1.54) is 0 Å². The van der Waals surface area contributed by atoms with E-state index in [0.717, 1.165) is 38.4 Å². The van der Waals surface area contributed by atoms with Crippen molar-refractivity contribution in [2.75, 3.05) is 39.4 Å². The summed E-state index contributed by atoms with van der Waals surface area (Å²) in [6.07, 6.45) is 1.11. The summed E-state index contributed by atoms with van der Waals surface area (Å²) in [5, 5.41) is 14.6. The number of carbonyl (C=O) groups excluding carboxylic acids is 1. The van der Waals surface area contributed by atoms with Crippen LogP contribution in [0.1, 0.15) is 13.3 Å². The predicted octanol–water partition coefficient (Wildman–Crippen LogP) is -2.21. The van der Waals surface area contributed by atoms with Crippen LogP contribution in [-0.4, -0.2) is 79.8 Å². The highest BCUT2D eigenvalue weighted by Gasteiger charge is 2.47. The molecule has 3 saturated heterocycles. The van der Waals surface area contributed by atoms with Gasteiger partial charge in [-0.3, -0.25) is 15.0 Å². The topological polar surface area (TPSA) is 110 Å². The summed E-state index contributed by atoms with van der Waals surface area (Å²) >= 11 is 0. The van der Waals surface area contributed by atoms with Crippen LogP contribution < -0.4 is 32.4 Å². The van der Waals surface area contributed by atoms with E-state index in [-0.39, 0.29) is 31.1 Å². The normalized spacial score (nSPS) is 40.3. The van der Waals surface area contributed by atoms with Crippen LogP contribution in [0.4, 0.5) is 4.39 Å². The van der Waals surface area contributed by atoms with Gasteiger partial charge in [-0.1, -0.05) is 6.92 Å². The van der Waals surface area contributed by atoms with Gasteiger partial charge >= 0.3 is 0 Å². The molecule has 7 N–H and O–H groups in total. The molecule has 0 saturated carbocycles. The molecule has 3 fully saturated rings. The van der Waals surface area contributed by atoms with Crippen molar-refractivity contribution in [3.63, 3.8) is 0 Å². The molecule has 4 rings (SSSR count). The number of hydrogen-bond acceptors (Lipinski definition) is 8. The van der Waals surface area contributed by atoms with Gasteiger partial charge < -0.3 is 21.7 Å². The van der Waals surface area contributed by atoms with E-state index in [9.17, 15) is 9.18 Å². The molecule has 0 aromatic carbocycles. The number of carbonyl (C=O) groups is 1. The van der Waals surface area contributed by atoms with Gasteiger partial charge in [0.25, 0.3) is 0 Å². The molecule has 152 valence electrons. The molecule has 9 nitrogen and oxygen atoms in total. The van der Waals surface area contributed by atoms with Crippen molar-refractivity contribution in [2.45, 2.75) is 37.9 Å². The van der Waals surface area contributed by atoms with Crippen molar-refractivity contribution in [3.05, 3.63) is 11.9 Å². The Bertz CT molecular complexity index is 589. The standard InChI is InChI=1S/C17H31FN8O/c1-2-25-9-21-7-13(25)11-3-4-20-6-12(11)23-17(27)14-15(19)24-26-8-10(18)5-22-16(14)26/h6,10-11,13-16,20-22,24H,2-5,7-9,19H2,1H3,(H,23,27). The Morgan fingerprint density at radius 3 is 3.11 bits per heavy atom. The number of rotatable bonds is 4. The fourth-order valence-electron chi connectivity index (χ4n) is 4.76. The number of amides is 1. The van der Waals surface area contributed by atoms with Gasteiger partial charge in [0.1, 0.15) is 6.17 Å². The minimum atomic E-state index is -0.965. The highest BCUT2D eigenvalue weighted by molar-refractivity contribution is 5.82. The van der Waals surface area contributed by atoms with E-state index < -0.39 is 18.3 Å². The van der Waals surface area contributed by atoms with Crippen LogP contribution >= 0.6 is 0 Å². The van der Waals surface area contributed by atoms with Crippen molar-refractivity contribution < 1.29 is 9.18 Å². The lowest BCUT2D eigenvalue weighted by atomic mass is 9.89. The second-order valence-corrected chi connectivity index (χ2v) is 7.81. The molecule has 0 aromatic rings. The number of hydrazine groups is 1. The molecule has 4 heterocycles. The maximum atomic E-state index is 13.6. The Labute approximate surface area is 159 Å². The highest BCUT2D eigenvalue weighted by Crippen LogP contribution is 2.27. The van der Waals surface area contributed by atoms with Gasteiger partial charge in [-0.25, -0.2) is 14.8 Å². The summed E-state index contributed by atoms with van der Waals surface area (Å²) in [6, 6.07) is 0.371. The predicted molar refractivity (Wildman–Crippen MR) is 99.4 cm³/mol. The lowest BCUT2D eigenvalue weighted by molar-refractivity contribution is -0.126. The van der Waals surface area contributed by atoms with Gasteiger partial charge in [-0.15, -0.1) is 0 Å². The fraction of sp³-hybridized carbons (Fsp3) is 0.824. The van der Waals surface area contributed by atoms with Crippen molar-refractivity contribution in [1.29, 1.82) is 0 Å². The lowest BCUT2D eigenvalue weighted by Gasteiger charge is -2.36. The second-order valence-electron chi connectivity index (χ2n) is 7.81. The van der Waals surface area contributed by atoms with E-state index >= 15 is 0 Å². The second kappa shape index (κ2) is 7.98. The Morgan fingerprint density at radius 1 is 1.44 bits per heavy atom. The number of nitrogens with one attached hydrogen (secondary N) is 5. The summed E-state index contributed by atoms with van der Waals surface area (Å²) in [5.74, 6) is -0.340. The molecule has 0 aromatic heterocycles. The van der Waals surface area contributed by atoms with Gasteiger partial charge in [0, 0.05) is 56.7 Å². The maximum Gasteiger partial charge on any atom is 0.233 e. The summed E-state index contributed by atoms with van der Waals surface area (Å²) in [5.41, 5.74) is 10.1. The third-order valence-electron chi connectivity index (χ3n) is 6.16. The molecular formula is C17H31FN8O. The number of likely N-dealkylation sites (N-methyl/N-ethyl adjacent to an activating group) is 1. The number of fused-ring (bicyclic) bond motifs is 1. The Kier molecular flexibility index (Phi) is 5.62. The molecule has 0 radical (unpaired) electrons. The van der Waals surface area contributed by atoms with Gasteiger partial charge in [0.2, 0.25) is 5.91 Å². The molecular weight excluding hydrogens is 351 g/mol. The molecule has 0 aliphatic carbocycles. The average molecular weight is 382 g/mol. The van der Waals surface area contributed by atoms with Gasteiger partial charge in [0.15, 0.2) is 0 Å². The van der Waals surface area contributed by atoms with Crippen LogP contribution in [0.3, 0.4) is 0 Å². The third-order valence-corrected chi connectivity index (χ3v) is 6.16. The van der Waals surface area contributed by atoms with Crippen LogP contribution in [0.25, 0.3) is 0 Å². The van der Waals surface area contributed by atoms with Crippen LogP contribution in [0.5, 0.6) is 0 Å². The minimum Gasteiger partial charge on any atom is -0.389 e. The van der Waals surface area contributed by atoms with Crippen molar-refractivity contribution in [2.24, 2.45) is 17.6 Å². The molecule has 4 aliphatic heterocycles. The van der Waals surface area contributed by atoms with E-state index in [1.54, 1.807) is 5.01 Å². The first-order valence-corrected chi connectivity index (χ1v) is 9.93. The summed E-state index contributed by atoms with van der Waals surface area (Å²) < 4.78 is 13.6. The van der Waals surface area contributed by atoms with E-state index in [0.29, 0.717) is 6.04 Å². The Morgan fingerprint density at radius 2 is 2.30 bits per heavy atom. The maximum absolute atomic E-state index is 13.6. The SMILES string of the molecule is CCN1CNCC1C1CCNC=C1NC(=O)C1C(N)NN2CC(F)CNC12. The van der Waals surface area contributed by atoms with Crippen LogP contribution in [0.15, 0.2) is 11.9 Å². The van der Waals surface area contributed by atoms with Crippen LogP contribution in [-0.2, 0) is 4.79 Å². The third kappa shape index (κ3) is 3.69. The molecule has 6 atom stereocenters. The van der Waals surface area contributed by atoms with Gasteiger partial charge in [0.05, 0.1) is 18.2 Å². The number of nitrogens with two attached hydrogens (primary N) is 1. The highest BCUT2D eigenvalue weighted by atomic mass is 19.1. The Balaban J connectivity index is 1.45. The molecule has 1 amide bonds. The zero-order chi connectivity index (χ0) is 19.0. The Hall–Kier alpha value is -1.30. The minimum absolute atomic E-state index is 0.124. The summed E-state index contributed by atoms with van der Waals surface area (Å²) in [6.45, 7) is 6.32. The number of halogens is 1. The van der Waals surface area contributed by atoms with Crippen molar-refractivity contribution in [3.8, 4) is 0 Å². The quantitative estimate of drug-likeness (QED) is 0.325. The molecule has 4 aliphatic rings. The van der Waals surface area contributed by atoms with Gasteiger partial charge in [-0.05, 0) is 13.0 Å². The first-order chi connectivity index (χ1) is 13.1. The molecule has 0 bridgehead atoms. The summed E-state index contributed by atoms with van der Waals surface area (Å²) in [7, 11) is 0. The van der Waals surface area contributed by atoms with Crippen LogP contribution in [0, 0.1) is 11.8 Å². The monoisotopic (exact) mass is 382 g/mol. The smallest absolute Gasteiger partial charge is 0.233 e. The molecule has 6 unspecified atom stereocenters. The lowest BCUT2D eigenvalue weighted by Crippen LogP contribution is -2.59. The largest absolute Gasteiger partial charge is 0.389 e. The van der Waals surface area contributed by atoms with Crippen LogP contribution in [0.2, 0.25) is 0 Å². The molecule has 10 heteroatoms. The zero-order valence-electron chi connectivity index (χ0n) is 15.7. The first kappa shape index (κ1) is 19.0. The van der Waals surface area contributed by atoms with E-state index in [2.05, 4.69) is 38.5 Å². The number of alkyl halides is 1. The number of hydrogen-bond donors (Lipinski definition) is 6. The number of nitrogens with zero attached hydrogens (tertiary/aromatic N) is 2.